The van der Waals surface area contributed by atoms with E-state index in [4.69, 9.17) is 4.42 Å². The Morgan fingerprint density at radius 3 is 2.69 bits per heavy atom. The van der Waals surface area contributed by atoms with Crippen molar-refractivity contribution < 1.29 is 18.9 Å². The molecule has 29 heavy (non-hydrogen) atoms. The summed E-state index contributed by atoms with van der Waals surface area (Å²) < 4.78 is 5.23. The highest BCUT2D eigenvalue weighted by Crippen LogP contribution is 2.32. The van der Waals surface area contributed by atoms with Gasteiger partial charge in [0.2, 0.25) is 0 Å². The van der Waals surface area contributed by atoms with Crippen molar-refractivity contribution in [2.24, 2.45) is 0 Å². The van der Waals surface area contributed by atoms with E-state index in [9.17, 15) is 19.7 Å². The number of para-hydroxylation sites is 1. The fourth-order valence-electron chi connectivity index (χ4n) is 3.42. The minimum atomic E-state index is -0.592. The molecule has 2 amide bonds. The van der Waals surface area contributed by atoms with Crippen molar-refractivity contribution in [1.29, 1.82) is 0 Å². The Kier molecular flexibility index (Phi) is 4.82. The summed E-state index contributed by atoms with van der Waals surface area (Å²) in [5, 5.41) is 13.9. The average molecular weight is 391 g/mol. The number of fused-ring (bicyclic) bond motifs is 1. The lowest BCUT2D eigenvalue weighted by atomic mass is 10.0. The van der Waals surface area contributed by atoms with Crippen LogP contribution < -0.4 is 10.2 Å². The smallest absolute Gasteiger partial charge is 0.293 e. The molecule has 1 aliphatic rings. The van der Waals surface area contributed by atoms with E-state index in [0.717, 1.165) is 18.4 Å². The van der Waals surface area contributed by atoms with Gasteiger partial charge in [-0.25, -0.2) is 0 Å². The van der Waals surface area contributed by atoms with Crippen LogP contribution in [-0.4, -0.2) is 23.3 Å². The number of furan rings is 1. The fourth-order valence-corrected chi connectivity index (χ4v) is 3.42. The number of nitro groups is 1. The van der Waals surface area contributed by atoms with Gasteiger partial charge in [0, 0.05) is 24.0 Å². The molecule has 0 saturated carbocycles. The number of nitro benzene ring substituents is 1. The number of hydrogen-bond acceptors (Lipinski definition) is 5. The highest BCUT2D eigenvalue weighted by molar-refractivity contribution is 6.08. The molecule has 0 aliphatic carbocycles. The minimum Gasteiger partial charge on any atom is -0.459 e. The Balaban J connectivity index is 1.63. The van der Waals surface area contributed by atoms with Gasteiger partial charge in [0.1, 0.15) is 5.56 Å². The molecule has 0 saturated heterocycles. The van der Waals surface area contributed by atoms with E-state index in [-0.39, 0.29) is 22.9 Å². The zero-order chi connectivity index (χ0) is 20.4. The summed E-state index contributed by atoms with van der Waals surface area (Å²) in [5.74, 6) is -0.595. The van der Waals surface area contributed by atoms with Gasteiger partial charge in [-0.15, -0.1) is 0 Å². The standard InChI is InChI=1S/C21H17N3O5/c25-20(16-6-1-2-7-17(16)24(27)28)22-15-10-9-14-5-3-11-23(18(14)13-15)21(26)19-8-4-12-29-19/h1-2,4,6-10,12-13H,3,5,11H2,(H,22,25). The van der Waals surface area contributed by atoms with E-state index in [0.29, 0.717) is 17.9 Å². The molecule has 0 unspecified atom stereocenters. The quantitative estimate of drug-likeness (QED) is 0.534. The third-order valence-electron chi connectivity index (χ3n) is 4.78. The number of hydrogen-bond donors (Lipinski definition) is 1. The molecule has 4 rings (SSSR count). The van der Waals surface area contributed by atoms with Gasteiger partial charge in [0.25, 0.3) is 17.5 Å². The van der Waals surface area contributed by atoms with Crippen LogP contribution in [0.4, 0.5) is 17.1 Å². The number of nitrogens with one attached hydrogen (secondary N) is 1. The summed E-state index contributed by atoms with van der Waals surface area (Å²) in [6.07, 6.45) is 3.08. The number of rotatable bonds is 4. The van der Waals surface area contributed by atoms with E-state index in [1.54, 1.807) is 35.2 Å². The maximum atomic E-state index is 12.8. The van der Waals surface area contributed by atoms with Crippen LogP contribution in [0.3, 0.4) is 0 Å². The number of nitrogens with zero attached hydrogens (tertiary/aromatic N) is 2. The lowest BCUT2D eigenvalue weighted by Crippen LogP contribution is -2.35. The molecular weight excluding hydrogens is 374 g/mol. The molecule has 1 aromatic heterocycles. The predicted octanol–water partition coefficient (Wildman–Crippen LogP) is 4.03. The van der Waals surface area contributed by atoms with Crippen molar-refractivity contribution in [3.63, 3.8) is 0 Å². The van der Waals surface area contributed by atoms with Crippen LogP contribution >= 0.6 is 0 Å². The molecule has 146 valence electrons. The number of carbonyl (C=O) groups is 2. The molecule has 0 spiro atoms. The summed E-state index contributed by atoms with van der Waals surface area (Å²) in [6.45, 7) is 0.536. The lowest BCUT2D eigenvalue weighted by Gasteiger charge is -2.29. The molecule has 2 aromatic carbocycles. The lowest BCUT2D eigenvalue weighted by molar-refractivity contribution is -0.385. The largest absolute Gasteiger partial charge is 0.459 e. The predicted molar refractivity (Wildman–Crippen MR) is 106 cm³/mol. The van der Waals surface area contributed by atoms with Gasteiger partial charge in [0.15, 0.2) is 5.76 Å². The first-order chi connectivity index (χ1) is 14.0. The fraction of sp³-hybridized carbons (Fsp3) is 0.143. The van der Waals surface area contributed by atoms with E-state index >= 15 is 0 Å². The zero-order valence-electron chi connectivity index (χ0n) is 15.3. The summed E-state index contributed by atoms with van der Waals surface area (Å²) in [5.41, 5.74) is 1.83. The Morgan fingerprint density at radius 2 is 1.93 bits per heavy atom. The Bertz CT molecular complexity index is 1090. The molecule has 1 aliphatic heterocycles. The third-order valence-corrected chi connectivity index (χ3v) is 4.78. The van der Waals surface area contributed by atoms with Gasteiger partial charge in [-0.05, 0) is 48.7 Å². The number of benzene rings is 2. The monoisotopic (exact) mass is 391 g/mol. The van der Waals surface area contributed by atoms with Crippen molar-refractivity contribution in [2.75, 3.05) is 16.8 Å². The number of aryl methyl sites for hydroxylation is 1. The summed E-state index contributed by atoms with van der Waals surface area (Å²) in [6, 6.07) is 14.3. The highest BCUT2D eigenvalue weighted by Gasteiger charge is 2.26. The number of anilines is 2. The average Bonchev–Trinajstić information content (AvgIpc) is 3.27. The Labute approximate surface area is 165 Å². The molecule has 0 radical (unpaired) electrons. The highest BCUT2D eigenvalue weighted by atomic mass is 16.6. The molecule has 0 bridgehead atoms. The second-order valence-corrected chi connectivity index (χ2v) is 6.61. The maximum absolute atomic E-state index is 12.8. The van der Waals surface area contributed by atoms with E-state index in [1.807, 2.05) is 6.07 Å². The second kappa shape index (κ2) is 7.59. The first kappa shape index (κ1) is 18.4. The van der Waals surface area contributed by atoms with Crippen molar-refractivity contribution in [2.45, 2.75) is 12.8 Å². The molecular formula is C21H17N3O5. The van der Waals surface area contributed by atoms with Gasteiger partial charge in [-0.3, -0.25) is 19.7 Å². The first-order valence-corrected chi connectivity index (χ1v) is 9.07. The third kappa shape index (κ3) is 3.60. The van der Waals surface area contributed by atoms with Crippen LogP contribution in [0.15, 0.2) is 65.3 Å². The molecule has 0 atom stereocenters. The molecule has 1 N–H and O–H groups in total. The van der Waals surface area contributed by atoms with E-state index in [2.05, 4.69) is 5.32 Å². The summed E-state index contributed by atoms with van der Waals surface area (Å²) >= 11 is 0. The van der Waals surface area contributed by atoms with Crippen LogP contribution in [-0.2, 0) is 6.42 Å². The van der Waals surface area contributed by atoms with Gasteiger partial charge in [-0.1, -0.05) is 18.2 Å². The van der Waals surface area contributed by atoms with Gasteiger partial charge in [-0.2, -0.15) is 0 Å². The number of amides is 2. The van der Waals surface area contributed by atoms with Gasteiger partial charge >= 0.3 is 0 Å². The molecule has 8 heteroatoms. The van der Waals surface area contributed by atoms with Gasteiger partial charge in [0.05, 0.1) is 11.2 Å². The summed E-state index contributed by atoms with van der Waals surface area (Å²) in [4.78, 5) is 37.6. The SMILES string of the molecule is O=C(Nc1ccc2c(c1)N(C(=O)c1ccco1)CCC2)c1ccccc1[N+](=O)[O-]. The molecule has 0 fully saturated rings. The number of carbonyl (C=O) groups excluding carboxylic acids is 2. The van der Waals surface area contributed by atoms with Crippen LogP contribution in [0.5, 0.6) is 0 Å². The Morgan fingerprint density at radius 1 is 1.10 bits per heavy atom. The van der Waals surface area contributed by atoms with Crippen LogP contribution in [0, 0.1) is 10.1 Å². The Hall–Kier alpha value is -3.94. The topological polar surface area (TPSA) is 106 Å². The van der Waals surface area contributed by atoms with Crippen molar-refractivity contribution in [3.05, 3.63) is 87.9 Å². The van der Waals surface area contributed by atoms with Gasteiger partial charge < -0.3 is 14.6 Å². The zero-order valence-corrected chi connectivity index (χ0v) is 15.3. The van der Waals surface area contributed by atoms with Crippen molar-refractivity contribution >= 4 is 28.9 Å². The normalized spacial score (nSPS) is 12.9. The maximum Gasteiger partial charge on any atom is 0.293 e. The second-order valence-electron chi connectivity index (χ2n) is 6.61. The van der Waals surface area contributed by atoms with Crippen LogP contribution in [0.2, 0.25) is 0 Å². The summed E-state index contributed by atoms with van der Waals surface area (Å²) in [7, 11) is 0. The minimum absolute atomic E-state index is 0.0289. The first-order valence-electron chi connectivity index (χ1n) is 9.07. The molecule has 8 nitrogen and oxygen atoms in total. The molecule has 3 aromatic rings. The van der Waals surface area contributed by atoms with Crippen LogP contribution in [0.25, 0.3) is 0 Å². The van der Waals surface area contributed by atoms with Crippen molar-refractivity contribution in [3.8, 4) is 0 Å². The van der Waals surface area contributed by atoms with E-state index < -0.39 is 10.8 Å². The van der Waals surface area contributed by atoms with E-state index in [1.165, 1.54) is 24.5 Å². The van der Waals surface area contributed by atoms with Crippen molar-refractivity contribution in [1.82, 2.24) is 0 Å². The van der Waals surface area contributed by atoms with Crippen LogP contribution in [0.1, 0.15) is 32.9 Å². The molecule has 2 heterocycles.